The van der Waals surface area contributed by atoms with Crippen LogP contribution in [-0.2, 0) is 5.60 Å². The lowest BCUT2D eigenvalue weighted by molar-refractivity contribution is -0.0174. The molecule has 0 radical (unpaired) electrons. The van der Waals surface area contributed by atoms with Crippen LogP contribution in [0.2, 0.25) is 5.02 Å². The van der Waals surface area contributed by atoms with E-state index in [4.69, 9.17) is 16.3 Å². The van der Waals surface area contributed by atoms with Crippen LogP contribution in [0.1, 0.15) is 30.4 Å². The fourth-order valence-corrected chi connectivity index (χ4v) is 4.20. The summed E-state index contributed by atoms with van der Waals surface area (Å²) in [6.45, 7) is 0.832. The lowest BCUT2D eigenvalue weighted by atomic mass is 9.67. The Morgan fingerprint density at radius 2 is 1.81 bits per heavy atom. The largest absolute Gasteiger partial charge is 0.497 e. The van der Waals surface area contributed by atoms with E-state index in [9.17, 15) is 5.11 Å². The number of hydrogen-bond acceptors (Lipinski definition) is 3. The molecule has 2 atom stereocenters. The molecule has 1 aliphatic carbocycles. The van der Waals surface area contributed by atoms with Gasteiger partial charge in [-0.3, -0.25) is 0 Å². The van der Waals surface area contributed by atoms with Gasteiger partial charge in [0.15, 0.2) is 0 Å². The number of halogens is 1. The van der Waals surface area contributed by atoms with Gasteiger partial charge in [-0.15, -0.1) is 0 Å². The van der Waals surface area contributed by atoms with Gasteiger partial charge in [0, 0.05) is 17.5 Å². The topological polar surface area (TPSA) is 32.7 Å². The van der Waals surface area contributed by atoms with Gasteiger partial charge in [-0.1, -0.05) is 41.9 Å². The van der Waals surface area contributed by atoms with E-state index in [0.29, 0.717) is 5.02 Å². The minimum Gasteiger partial charge on any atom is -0.497 e. The van der Waals surface area contributed by atoms with Gasteiger partial charge in [-0.25, -0.2) is 0 Å². The molecular formula is C23H28ClNO2. The van der Waals surface area contributed by atoms with E-state index in [1.165, 1.54) is 0 Å². The van der Waals surface area contributed by atoms with Gasteiger partial charge < -0.3 is 14.7 Å². The van der Waals surface area contributed by atoms with Crippen molar-refractivity contribution >= 4 is 17.7 Å². The minimum absolute atomic E-state index is 0.131. The second kappa shape index (κ2) is 8.47. The lowest BCUT2D eigenvalue weighted by Gasteiger charge is -2.44. The molecule has 0 saturated heterocycles. The van der Waals surface area contributed by atoms with E-state index in [1.54, 1.807) is 7.11 Å². The highest BCUT2D eigenvalue weighted by Gasteiger charge is 2.44. The number of rotatable bonds is 5. The Morgan fingerprint density at radius 3 is 2.41 bits per heavy atom. The first-order valence-electron chi connectivity index (χ1n) is 9.41. The number of ether oxygens (including phenoxy) is 1. The van der Waals surface area contributed by atoms with Crippen LogP contribution in [0.4, 0.5) is 0 Å². The third-order valence-corrected chi connectivity index (χ3v) is 5.66. The third-order valence-electron chi connectivity index (χ3n) is 5.41. The Hall–Kier alpha value is -1.81. The fourth-order valence-electron chi connectivity index (χ4n) is 4.07. The molecular weight excluding hydrogens is 358 g/mol. The van der Waals surface area contributed by atoms with Crippen molar-refractivity contribution < 1.29 is 9.84 Å². The normalized spacial score (nSPS) is 24.4. The highest BCUT2D eigenvalue weighted by atomic mass is 35.5. The summed E-state index contributed by atoms with van der Waals surface area (Å²) in [6, 6.07) is 15.6. The van der Waals surface area contributed by atoms with Gasteiger partial charge >= 0.3 is 0 Å². The SMILES string of the molecule is COc1ccc(C=C2CCCC(CN(C)C)C2(O)c2ccc(Cl)cc2)cc1. The predicted octanol–water partition coefficient (Wildman–Crippen LogP) is 4.98. The van der Waals surface area contributed by atoms with Crippen LogP contribution in [0.15, 0.2) is 54.1 Å². The van der Waals surface area contributed by atoms with Crippen LogP contribution in [0.3, 0.4) is 0 Å². The number of methoxy groups -OCH3 is 1. The maximum atomic E-state index is 12.0. The van der Waals surface area contributed by atoms with Crippen LogP contribution in [-0.4, -0.2) is 37.8 Å². The lowest BCUT2D eigenvalue weighted by Crippen LogP contribution is -2.44. The molecule has 0 bridgehead atoms. The van der Waals surface area contributed by atoms with Crippen LogP contribution in [0.5, 0.6) is 5.75 Å². The molecule has 0 aromatic heterocycles. The van der Waals surface area contributed by atoms with Gasteiger partial charge in [0.25, 0.3) is 0 Å². The second-order valence-electron chi connectivity index (χ2n) is 7.57. The van der Waals surface area contributed by atoms with Crippen molar-refractivity contribution in [1.82, 2.24) is 4.90 Å². The third kappa shape index (κ3) is 4.37. The summed E-state index contributed by atoms with van der Waals surface area (Å²) in [5.41, 5.74) is 2.06. The molecule has 0 spiro atoms. The molecule has 144 valence electrons. The van der Waals surface area contributed by atoms with E-state index in [0.717, 1.165) is 48.3 Å². The summed E-state index contributed by atoms with van der Waals surface area (Å²) in [4.78, 5) is 2.15. The van der Waals surface area contributed by atoms with Crippen LogP contribution in [0, 0.1) is 5.92 Å². The monoisotopic (exact) mass is 385 g/mol. The van der Waals surface area contributed by atoms with Crippen LogP contribution < -0.4 is 4.74 Å². The van der Waals surface area contributed by atoms with Crippen molar-refractivity contribution in [2.75, 3.05) is 27.7 Å². The summed E-state index contributed by atoms with van der Waals surface area (Å²) in [5.74, 6) is 0.964. The van der Waals surface area contributed by atoms with Crippen LogP contribution in [0.25, 0.3) is 6.08 Å². The molecule has 0 amide bonds. The Labute approximate surface area is 167 Å². The maximum Gasteiger partial charge on any atom is 0.118 e. The zero-order valence-electron chi connectivity index (χ0n) is 16.3. The summed E-state index contributed by atoms with van der Waals surface area (Å²) in [6.07, 6.45) is 5.10. The highest BCUT2D eigenvalue weighted by molar-refractivity contribution is 6.30. The van der Waals surface area contributed by atoms with Gasteiger partial charge in [-0.05, 0) is 74.3 Å². The molecule has 3 rings (SSSR count). The van der Waals surface area contributed by atoms with Crippen molar-refractivity contribution in [2.24, 2.45) is 5.92 Å². The maximum absolute atomic E-state index is 12.0. The molecule has 2 aromatic carbocycles. The summed E-state index contributed by atoms with van der Waals surface area (Å²) >= 11 is 6.10. The molecule has 3 nitrogen and oxygen atoms in total. The molecule has 2 aromatic rings. The summed E-state index contributed by atoms with van der Waals surface area (Å²) in [7, 11) is 5.78. The highest BCUT2D eigenvalue weighted by Crippen LogP contribution is 2.46. The van der Waals surface area contributed by atoms with E-state index in [-0.39, 0.29) is 5.92 Å². The van der Waals surface area contributed by atoms with Crippen molar-refractivity contribution in [2.45, 2.75) is 24.9 Å². The van der Waals surface area contributed by atoms with Gasteiger partial charge in [0.2, 0.25) is 0 Å². The molecule has 1 N–H and O–H groups in total. The predicted molar refractivity (Wildman–Crippen MR) is 112 cm³/mol. The molecule has 1 saturated carbocycles. The first-order chi connectivity index (χ1) is 12.9. The van der Waals surface area contributed by atoms with Crippen molar-refractivity contribution in [3.8, 4) is 5.75 Å². The average Bonchev–Trinajstić information content (AvgIpc) is 2.66. The molecule has 4 heteroatoms. The van der Waals surface area contributed by atoms with Gasteiger partial charge in [-0.2, -0.15) is 0 Å². The van der Waals surface area contributed by atoms with E-state index >= 15 is 0 Å². The van der Waals surface area contributed by atoms with E-state index in [1.807, 2.05) is 48.5 Å². The fraction of sp³-hybridized carbons (Fsp3) is 0.391. The second-order valence-corrected chi connectivity index (χ2v) is 8.00. The van der Waals surface area contributed by atoms with Gasteiger partial charge in [0.05, 0.1) is 7.11 Å². The Balaban J connectivity index is 2.05. The summed E-state index contributed by atoms with van der Waals surface area (Å²) < 4.78 is 5.25. The standard InChI is InChI=1S/C23H28ClNO2/c1-25(2)16-20-6-4-5-19(15-17-7-13-22(27-3)14-8-17)23(20,26)18-9-11-21(24)12-10-18/h7-15,20,26H,4-6,16H2,1-3H3. The number of nitrogens with zero attached hydrogens (tertiary/aromatic N) is 1. The average molecular weight is 386 g/mol. The number of benzene rings is 2. The molecule has 1 aliphatic rings. The smallest absolute Gasteiger partial charge is 0.118 e. The molecule has 0 aliphatic heterocycles. The molecule has 1 fully saturated rings. The van der Waals surface area contributed by atoms with E-state index < -0.39 is 5.60 Å². The molecule has 2 unspecified atom stereocenters. The summed E-state index contributed by atoms with van der Waals surface area (Å²) in [5, 5.41) is 12.7. The minimum atomic E-state index is -0.993. The van der Waals surface area contributed by atoms with Crippen molar-refractivity contribution in [1.29, 1.82) is 0 Å². The zero-order chi connectivity index (χ0) is 19.4. The number of aliphatic hydroxyl groups is 1. The Kier molecular flexibility index (Phi) is 6.25. The Morgan fingerprint density at radius 1 is 1.15 bits per heavy atom. The quantitative estimate of drug-likeness (QED) is 0.787. The first kappa shape index (κ1) is 19.9. The van der Waals surface area contributed by atoms with Crippen LogP contribution >= 0.6 is 11.6 Å². The van der Waals surface area contributed by atoms with Gasteiger partial charge in [0.1, 0.15) is 11.4 Å². The van der Waals surface area contributed by atoms with Crippen molar-refractivity contribution in [3.63, 3.8) is 0 Å². The first-order valence-corrected chi connectivity index (χ1v) is 9.79. The molecule has 27 heavy (non-hydrogen) atoms. The van der Waals surface area contributed by atoms with E-state index in [2.05, 4.69) is 25.1 Å². The Bertz CT molecular complexity index is 783. The number of hydrogen-bond donors (Lipinski definition) is 1. The van der Waals surface area contributed by atoms with Crippen molar-refractivity contribution in [3.05, 3.63) is 70.3 Å². The molecule has 0 heterocycles. The zero-order valence-corrected chi connectivity index (χ0v) is 17.0.